The molecule has 0 atom stereocenters. The van der Waals surface area contributed by atoms with Crippen LogP contribution in [-0.2, 0) is 6.54 Å². The Morgan fingerprint density at radius 3 is 2.76 bits per heavy atom. The molecule has 1 aliphatic heterocycles. The van der Waals surface area contributed by atoms with Crippen LogP contribution in [-0.4, -0.2) is 46.3 Å². The molecule has 3 heterocycles. The van der Waals surface area contributed by atoms with Crippen LogP contribution in [0.2, 0.25) is 0 Å². The van der Waals surface area contributed by atoms with E-state index in [4.69, 9.17) is 4.42 Å². The van der Waals surface area contributed by atoms with Crippen molar-refractivity contribution in [2.24, 2.45) is 0 Å². The number of benzene rings is 1. The Morgan fingerprint density at radius 1 is 1.08 bits per heavy atom. The topological polar surface area (TPSA) is 58.3 Å². The molecule has 0 spiro atoms. The third-order valence-electron chi connectivity index (χ3n) is 4.20. The Bertz CT molecular complexity index is 805. The van der Waals surface area contributed by atoms with E-state index in [2.05, 4.69) is 40.9 Å². The van der Waals surface area contributed by atoms with Gasteiger partial charge in [0.25, 0.3) is 0 Å². The zero-order valence-corrected chi connectivity index (χ0v) is 16.0. The van der Waals surface area contributed by atoms with Crippen molar-refractivity contribution in [3.8, 4) is 11.5 Å². The molecule has 1 saturated heterocycles. The lowest BCUT2D eigenvalue weighted by atomic mass is 10.2. The monoisotopic (exact) mass is 419 g/mol. The number of rotatable bonds is 4. The van der Waals surface area contributed by atoms with Gasteiger partial charge in [0.2, 0.25) is 11.8 Å². The molecule has 25 heavy (non-hydrogen) atoms. The Hall–Kier alpha value is -1.77. The number of anilines is 1. The van der Waals surface area contributed by atoms with Crippen LogP contribution in [0.1, 0.15) is 12.3 Å². The highest BCUT2D eigenvalue weighted by molar-refractivity contribution is 9.10. The predicted octanol–water partition coefficient (Wildman–Crippen LogP) is 3.67. The van der Waals surface area contributed by atoms with Crippen LogP contribution >= 0.6 is 27.3 Å². The van der Waals surface area contributed by atoms with E-state index in [1.165, 1.54) is 0 Å². The van der Waals surface area contributed by atoms with Gasteiger partial charge in [-0.15, -0.1) is 21.5 Å². The fraction of sp³-hybridized carbons (Fsp3) is 0.353. The summed E-state index contributed by atoms with van der Waals surface area (Å²) < 4.78 is 6.88. The minimum absolute atomic E-state index is 0.571. The number of nitrogens with zero attached hydrogens (tertiary/aromatic N) is 5. The molecule has 0 bridgehead atoms. The quantitative estimate of drug-likeness (QED) is 0.642. The lowest BCUT2D eigenvalue weighted by molar-refractivity contribution is 0.256. The summed E-state index contributed by atoms with van der Waals surface area (Å²) in [6, 6.07) is 7.89. The van der Waals surface area contributed by atoms with Crippen molar-refractivity contribution in [3.63, 3.8) is 0 Å². The van der Waals surface area contributed by atoms with Gasteiger partial charge in [-0.1, -0.05) is 15.9 Å². The Labute approximate surface area is 158 Å². The first-order valence-electron chi connectivity index (χ1n) is 8.23. The molecule has 1 aliphatic rings. The summed E-state index contributed by atoms with van der Waals surface area (Å²) in [4.78, 5) is 9.14. The van der Waals surface area contributed by atoms with Gasteiger partial charge in [-0.2, -0.15) is 0 Å². The van der Waals surface area contributed by atoms with Crippen LogP contribution in [0.4, 0.5) is 5.13 Å². The summed E-state index contributed by atoms with van der Waals surface area (Å²) in [5.74, 6) is 1.24. The van der Waals surface area contributed by atoms with E-state index in [1.54, 1.807) is 11.3 Å². The maximum Gasteiger partial charge on any atom is 0.247 e. The Morgan fingerprint density at radius 2 is 1.96 bits per heavy atom. The van der Waals surface area contributed by atoms with Crippen molar-refractivity contribution in [1.82, 2.24) is 20.1 Å². The van der Waals surface area contributed by atoms with Crippen LogP contribution < -0.4 is 4.90 Å². The van der Waals surface area contributed by atoms with Gasteiger partial charge in [0.05, 0.1) is 6.54 Å². The van der Waals surface area contributed by atoms with Crippen molar-refractivity contribution in [2.75, 3.05) is 31.1 Å². The molecule has 1 fully saturated rings. The number of hydrogen-bond donors (Lipinski definition) is 0. The summed E-state index contributed by atoms with van der Waals surface area (Å²) in [5.41, 5.74) is 0.938. The van der Waals surface area contributed by atoms with E-state index in [1.807, 2.05) is 35.8 Å². The molecule has 0 aliphatic carbocycles. The molecule has 130 valence electrons. The zero-order valence-electron chi connectivity index (χ0n) is 13.6. The molecular weight excluding hydrogens is 402 g/mol. The average Bonchev–Trinajstić information content (AvgIpc) is 3.26. The smallest absolute Gasteiger partial charge is 0.247 e. The molecule has 0 N–H and O–H groups in total. The van der Waals surface area contributed by atoms with Crippen LogP contribution in [0.15, 0.2) is 44.7 Å². The molecular formula is C17H18BrN5OS. The predicted molar refractivity (Wildman–Crippen MR) is 102 cm³/mol. The maximum atomic E-state index is 5.85. The van der Waals surface area contributed by atoms with Crippen LogP contribution in [0.5, 0.6) is 0 Å². The van der Waals surface area contributed by atoms with Crippen LogP contribution in [0, 0.1) is 0 Å². The van der Waals surface area contributed by atoms with Crippen LogP contribution in [0.3, 0.4) is 0 Å². The van der Waals surface area contributed by atoms with E-state index in [-0.39, 0.29) is 0 Å². The summed E-state index contributed by atoms with van der Waals surface area (Å²) in [5, 5.41) is 11.5. The molecule has 4 rings (SSSR count). The standard InChI is InChI=1S/C17H18BrN5OS/c18-14-4-2-13(3-5-14)16-21-20-15(24-16)12-22-7-1-8-23(10-9-22)17-19-6-11-25-17/h2-6,11H,1,7-10,12H2. The molecule has 8 heteroatoms. The van der Waals surface area contributed by atoms with Gasteiger partial charge in [0, 0.05) is 47.8 Å². The van der Waals surface area contributed by atoms with E-state index in [0.717, 1.165) is 47.8 Å². The van der Waals surface area contributed by atoms with Crippen LogP contribution in [0.25, 0.3) is 11.5 Å². The van der Waals surface area contributed by atoms with Gasteiger partial charge in [0.1, 0.15) is 0 Å². The minimum Gasteiger partial charge on any atom is -0.419 e. The highest BCUT2D eigenvalue weighted by atomic mass is 79.9. The van der Waals surface area contributed by atoms with Crippen molar-refractivity contribution < 1.29 is 4.42 Å². The molecule has 0 unspecified atom stereocenters. The first-order chi connectivity index (χ1) is 12.3. The lowest BCUT2D eigenvalue weighted by Gasteiger charge is -2.20. The average molecular weight is 420 g/mol. The van der Waals surface area contributed by atoms with E-state index < -0.39 is 0 Å². The molecule has 0 saturated carbocycles. The molecule has 3 aromatic rings. The lowest BCUT2D eigenvalue weighted by Crippen LogP contribution is -2.30. The summed E-state index contributed by atoms with van der Waals surface area (Å²) in [6.45, 7) is 4.70. The Balaban J connectivity index is 1.38. The van der Waals surface area contributed by atoms with Crippen molar-refractivity contribution in [3.05, 3.63) is 46.2 Å². The van der Waals surface area contributed by atoms with Crippen molar-refractivity contribution >= 4 is 32.4 Å². The minimum atomic E-state index is 0.571. The fourth-order valence-electron chi connectivity index (χ4n) is 2.91. The molecule has 6 nitrogen and oxygen atoms in total. The van der Waals surface area contributed by atoms with Gasteiger partial charge in [-0.05, 0) is 30.7 Å². The second-order valence-electron chi connectivity index (χ2n) is 5.94. The largest absolute Gasteiger partial charge is 0.419 e. The van der Waals surface area contributed by atoms with Gasteiger partial charge in [-0.3, -0.25) is 4.90 Å². The van der Waals surface area contributed by atoms with Gasteiger partial charge >= 0.3 is 0 Å². The number of halogens is 1. The highest BCUT2D eigenvalue weighted by Gasteiger charge is 2.19. The van der Waals surface area contributed by atoms with E-state index in [0.29, 0.717) is 18.3 Å². The van der Waals surface area contributed by atoms with Crippen molar-refractivity contribution in [2.45, 2.75) is 13.0 Å². The SMILES string of the molecule is Brc1ccc(-c2nnc(CN3CCCN(c4nccs4)CC3)o2)cc1. The second-order valence-corrected chi connectivity index (χ2v) is 7.73. The van der Waals surface area contributed by atoms with Gasteiger partial charge < -0.3 is 9.32 Å². The molecule has 0 radical (unpaired) electrons. The zero-order chi connectivity index (χ0) is 17.1. The number of aromatic nitrogens is 3. The number of thiazole rings is 1. The summed E-state index contributed by atoms with van der Waals surface area (Å²) >= 11 is 5.13. The molecule has 2 aromatic heterocycles. The van der Waals surface area contributed by atoms with Crippen molar-refractivity contribution in [1.29, 1.82) is 0 Å². The Kier molecular flexibility index (Phi) is 5.09. The number of hydrogen-bond acceptors (Lipinski definition) is 7. The normalized spacial score (nSPS) is 16.1. The first kappa shape index (κ1) is 16.7. The second kappa shape index (κ2) is 7.63. The third kappa shape index (κ3) is 4.08. The summed E-state index contributed by atoms with van der Waals surface area (Å²) in [7, 11) is 0. The third-order valence-corrected chi connectivity index (χ3v) is 5.56. The first-order valence-corrected chi connectivity index (χ1v) is 9.90. The van der Waals surface area contributed by atoms with Gasteiger partial charge in [-0.25, -0.2) is 4.98 Å². The summed E-state index contributed by atoms with van der Waals surface area (Å²) in [6.07, 6.45) is 2.97. The maximum absolute atomic E-state index is 5.85. The fourth-order valence-corrected chi connectivity index (χ4v) is 3.87. The van der Waals surface area contributed by atoms with Gasteiger partial charge in [0.15, 0.2) is 5.13 Å². The molecule has 1 aromatic carbocycles. The molecule has 0 amide bonds. The highest BCUT2D eigenvalue weighted by Crippen LogP contribution is 2.22. The van der Waals surface area contributed by atoms with E-state index in [9.17, 15) is 0 Å². The van der Waals surface area contributed by atoms with E-state index >= 15 is 0 Å².